The minimum absolute atomic E-state index is 0.0822. The molecule has 2 aliphatic rings. The highest BCUT2D eigenvalue weighted by molar-refractivity contribution is 6.16. The highest BCUT2D eigenvalue weighted by Gasteiger charge is 2.56. The summed E-state index contributed by atoms with van der Waals surface area (Å²) in [5.74, 6) is -1.04. The zero-order chi connectivity index (χ0) is 30.5. The molecule has 3 aromatic carbocycles. The van der Waals surface area contributed by atoms with Crippen LogP contribution in [0.2, 0.25) is 0 Å². The Morgan fingerprint density at radius 2 is 1.34 bits per heavy atom. The van der Waals surface area contributed by atoms with Crippen molar-refractivity contribution in [3.8, 4) is 23.0 Å². The van der Waals surface area contributed by atoms with Crippen LogP contribution in [-0.4, -0.2) is 56.4 Å². The second-order valence-electron chi connectivity index (χ2n) is 10.3. The molecule has 2 N–H and O–H groups in total. The van der Waals surface area contributed by atoms with E-state index in [1.54, 1.807) is 18.2 Å². The summed E-state index contributed by atoms with van der Waals surface area (Å²) in [4.78, 5) is 30.3. The van der Waals surface area contributed by atoms with Crippen LogP contribution in [0.3, 0.4) is 0 Å². The Balaban J connectivity index is 1.16. The number of carbonyl (C=O) groups is 2. The van der Waals surface area contributed by atoms with Gasteiger partial charge in [-0.2, -0.15) is 0 Å². The van der Waals surface area contributed by atoms with Crippen LogP contribution >= 0.6 is 0 Å². The normalized spacial score (nSPS) is 16.2. The van der Waals surface area contributed by atoms with Gasteiger partial charge in [0.05, 0.1) is 31.9 Å². The molecular weight excluding hydrogens is 576 g/mol. The first-order valence-electron chi connectivity index (χ1n) is 14.1. The summed E-state index contributed by atoms with van der Waals surface area (Å²) in [7, 11) is 0. The number of aromatic nitrogens is 1. The molecule has 0 bridgehead atoms. The van der Waals surface area contributed by atoms with Crippen LogP contribution in [0, 0.1) is 17.0 Å². The van der Waals surface area contributed by atoms with Gasteiger partial charge >= 0.3 is 0 Å². The van der Waals surface area contributed by atoms with Crippen LogP contribution in [0.25, 0.3) is 10.9 Å². The predicted octanol–water partition coefficient (Wildman–Crippen LogP) is 5.47. The Morgan fingerprint density at radius 3 is 2.00 bits per heavy atom. The topological polar surface area (TPSA) is 117 Å². The first-order chi connectivity index (χ1) is 21.4. The van der Waals surface area contributed by atoms with Gasteiger partial charge in [-0.3, -0.25) is 14.6 Å². The minimum atomic E-state index is -1.28. The molecule has 1 aliphatic carbocycles. The summed E-state index contributed by atoms with van der Waals surface area (Å²) in [6.45, 7) is 2.28. The summed E-state index contributed by atoms with van der Waals surface area (Å²) in [6.07, 6.45) is 2.21. The molecule has 0 radical (unpaired) electrons. The van der Waals surface area contributed by atoms with Crippen molar-refractivity contribution >= 4 is 34.1 Å². The molecule has 12 heteroatoms. The molecule has 2 amide bonds. The minimum Gasteiger partial charge on any atom is -0.487 e. The third-order valence-corrected chi connectivity index (χ3v) is 7.24. The predicted molar refractivity (Wildman–Crippen MR) is 156 cm³/mol. The quantitative estimate of drug-likeness (QED) is 0.278. The van der Waals surface area contributed by atoms with Crippen LogP contribution in [0.4, 0.5) is 20.2 Å². The van der Waals surface area contributed by atoms with Crippen LogP contribution in [0.15, 0.2) is 66.9 Å². The summed E-state index contributed by atoms with van der Waals surface area (Å²) in [5.41, 5.74) is -0.198. The second kappa shape index (κ2) is 12.8. The zero-order valence-corrected chi connectivity index (χ0v) is 23.6. The molecule has 0 atom stereocenters. The van der Waals surface area contributed by atoms with Crippen molar-refractivity contribution in [1.29, 1.82) is 0 Å². The summed E-state index contributed by atoms with van der Waals surface area (Å²) >= 11 is 0. The van der Waals surface area contributed by atoms with Crippen LogP contribution in [0.1, 0.15) is 12.8 Å². The van der Waals surface area contributed by atoms with E-state index in [1.165, 1.54) is 42.6 Å². The van der Waals surface area contributed by atoms with Crippen molar-refractivity contribution in [3.63, 3.8) is 0 Å². The molecule has 1 aliphatic heterocycles. The van der Waals surface area contributed by atoms with Gasteiger partial charge in [-0.15, -0.1) is 0 Å². The van der Waals surface area contributed by atoms with E-state index in [1.807, 2.05) is 0 Å². The van der Waals surface area contributed by atoms with Crippen molar-refractivity contribution in [2.75, 3.05) is 50.3 Å². The number of nitrogens with one attached hydrogen (secondary N) is 2. The fourth-order valence-corrected chi connectivity index (χ4v) is 4.68. The highest BCUT2D eigenvalue weighted by Crippen LogP contribution is 2.47. The Hall–Kier alpha value is -4.81. The monoisotopic (exact) mass is 605 g/mol. The van der Waals surface area contributed by atoms with E-state index in [-0.39, 0.29) is 18.0 Å². The fraction of sp³-hybridized carbons (Fsp3) is 0.281. The van der Waals surface area contributed by atoms with E-state index in [0.29, 0.717) is 79.7 Å². The SMILES string of the molecule is O=C(Nc1ccc(F)cc1)C1(C(=O)Nc2ccc(Oc3ccnc4cc5c(cc34)OCCOCCOCCO5)c(F)c2)CC1. The Labute approximate surface area is 251 Å². The van der Waals surface area contributed by atoms with Gasteiger partial charge in [0.25, 0.3) is 0 Å². The number of halogens is 2. The number of pyridine rings is 1. The Kier molecular flexibility index (Phi) is 8.53. The van der Waals surface area contributed by atoms with Crippen molar-refractivity contribution in [3.05, 3.63) is 78.5 Å². The summed E-state index contributed by atoms with van der Waals surface area (Å²) < 4.78 is 57.1. The Morgan fingerprint density at radius 1 is 0.727 bits per heavy atom. The van der Waals surface area contributed by atoms with Crippen molar-refractivity contribution in [1.82, 2.24) is 4.98 Å². The number of benzene rings is 3. The molecule has 1 fully saturated rings. The molecule has 1 aromatic heterocycles. The lowest BCUT2D eigenvalue weighted by Crippen LogP contribution is -2.35. The average Bonchev–Trinajstić information content (AvgIpc) is 3.82. The maximum absolute atomic E-state index is 15.2. The second-order valence-corrected chi connectivity index (χ2v) is 10.3. The lowest BCUT2D eigenvalue weighted by atomic mass is 10.0. The van der Waals surface area contributed by atoms with Gasteiger partial charge < -0.3 is 34.3 Å². The van der Waals surface area contributed by atoms with Crippen molar-refractivity contribution < 1.29 is 42.1 Å². The maximum atomic E-state index is 15.2. The van der Waals surface area contributed by atoms with Crippen molar-refractivity contribution in [2.24, 2.45) is 5.41 Å². The number of hydrogen-bond acceptors (Lipinski definition) is 8. The van der Waals surface area contributed by atoms with Gasteiger partial charge in [-0.05, 0) is 61.4 Å². The molecular formula is C32H29F2N3O7. The lowest BCUT2D eigenvalue weighted by Gasteiger charge is -2.17. The molecule has 10 nitrogen and oxygen atoms in total. The number of anilines is 2. The van der Waals surface area contributed by atoms with Crippen LogP contribution in [-0.2, 0) is 19.1 Å². The number of amides is 2. The van der Waals surface area contributed by atoms with Gasteiger partial charge in [-0.25, -0.2) is 8.78 Å². The van der Waals surface area contributed by atoms with Gasteiger partial charge in [0.1, 0.15) is 30.2 Å². The van der Waals surface area contributed by atoms with Crippen molar-refractivity contribution in [2.45, 2.75) is 12.8 Å². The first-order valence-corrected chi connectivity index (χ1v) is 14.1. The van der Waals surface area contributed by atoms with Gasteiger partial charge in [-0.1, -0.05) is 0 Å². The van der Waals surface area contributed by atoms with Crippen LogP contribution < -0.4 is 24.8 Å². The molecule has 2 heterocycles. The third kappa shape index (κ3) is 6.56. The standard InChI is InChI=1S/C32H29F2N3O7/c33-20-1-3-21(4-2-20)36-30(38)32(8-9-32)31(39)37-22-5-6-27(24(34)17-22)44-26-7-10-35-25-19-29-28(18-23(25)26)42-15-13-40-11-12-41-14-16-43-29/h1-7,10,17-19H,8-9,11-16H2,(H,36,38)(H,37,39). The molecule has 44 heavy (non-hydrogen) atoms. The molecule has 0 saturated heterocycles. The number of nitrogens with zero attached hydrogens (tertiary/aromatic N) is 1. The molecule has 0 spiro atoms. The zero-order valence-electron chi connectivity index (χ0n) is 23.6. The van der Waals surface area contributed by atoms with E-state index >= 15 is 4.39 Å². The molecule has 0 unspecified atom stereocenters. The largest absolute Gasteiger partial charge is 0.487 e. The highest BCUT2D eigenvalue weighted by atomic mass is 19.1. The van der Waals surface area contributed by atoms with Crippen LogP contribution in [0.5, 0.6) is 23.0 Å². The number of fused-ring (bicyclic) bond motifs is 2. The van der Waals surface area contributed by atoms with E-state index < -0.39 is 28.9 Å². The summed E-state index contributed by atoms with van der Waals surface area (Å²) in [5, 5.41) is 5.84. The summed E-state index contributed by atoms with van der Waals surface area (Å²) in [6, 6.07) is 14.3. The van der Waals surface area contributed by atoms with Gasteiger partial charge in [0.2, 0.25) is 11.8 Å². The van der Waals surface area contributed by atoms with E-state index in [9.17, 15) is 14.0 Å². The smallest absolute Gasteiger partial charge is 0.240 e. The maximum Gasteiger partial charge on any atom is 0.240 e. The van der Waals surface area contributed by atoms with Gasteiger partial charge in [0.15, 0.2) is 23.1 Å². The number of hydrogen-bond donors (Lipinski definition) is 2. The average molecular weight is 606 g/mol. The lowest BCUT2D eigenvalue weighted by molar-refractivity contribution is -0.131. The third-order valence-electron chi connectivity index (χ3n) is 7.24. The molecule has 228 valence electrons. The van der Waals surface area contributed by atoms with E-state index in [0.717, 1.165) is 6.07 Å². The van der Waals surface area contributed by atoms with E-state index in [4.69, 9.17) is 23.7 Å². The fourth-order valence-electron chi connectivity index (χ4n) is 4.68. The number of ether oxygens (including phenoxy) is 5. The first kappa shape index (κ1) is 29.3. The Bertz CT molecular complexity index is 1680. The number of rotatable bonds is 6. The molecule has 1 saturated carbocycles. The van der Waals surface area contributed by atoms with E-state index in [2.05, 4.69) is 15.6 Å². The molecule has 6 rings (SSSR count). The molecule has 4 aromatic rings. The van der Waals surface area contributed by atoms with Gasteiger partial charge in [0, 0.05) is 35.1 Å². The number of carbonyl (C=O) groups excluding carboxylic acids is 2.